The molecular weight excluding hydrogens is 250 g/mol. The summed E-state index contributed by atoms with van der Waals surface area (Å²) in [6.07, 6.45) is 8.61. The molecule has 1 aromatic heterocycles. The molecule has 3 rings (SSSR count). The van der Waals surface area contributed by atoms with Crippen LogP contribution < -0.4 is 5.73 Å². The number of hydrogen-bond donors (Lipinski definition) is 1. The van der Waals surface area contributed by atoms with Crippen molar-refractivity contribution in [3.05, 3.63) is 48.3 Å². The molecule has 2 unspecified atom stereocenters. The fraction of sp³-hybridized carbons (Fsp3) is 0.438. The van der Waals surface area contributed by atoms with E-state index in [1.54, 1.807) is 0 Å². The molecule has 0 saturated heterocycles. The average Bonchev–Trinajstić information content (AvgIpc) is 2.95. The topological polar surface area (TPSA) is 53.1 Å². The third-order valence-electron chi connectivity index (χ3n) is 3.81. The lowest BCUT2D eigenvalue weighted by Crippen LogP contribution is -2.32. The van der Waals surface area contributed by atoms with Crippen LogP contribution in [0.1, 0.15) is 31.2 Å². The standard InChI is InChI=1S/C16H21N3O/c17-14-5-4-8-16(9-14)20-12-13-10-18-19(11-13)15-6-2-1-3-7-15/h1-3,6-7,10-11,14,16H,4-5,8-9,12,17H2. The average molecular weight is 271 g/mol. The highest BCUT2D eigenvalue weighted by atomic mass is 16.5. The van der Waals surface area contributed by atoms with E-state index in [2.05, 4.69) is 5.10 Å². The highest BCUT2D eigenvalue weighted by Gasteiger charge is 2.19. The molecule has 0 amide bonds. The molecular formula is C16H21N3O. The van der Waals surface area contributed by atoms with Gasteiger partial charge in [-0.05, 0) is 37.8 Å². The molecule has 4 heteroatoms. The minimum atomic E-state index is 0.304. The summed E-state index contributed by atoms with van der Waals surface area (Å²) in [5.41, 5.74) is 8.15. The van der Waals surface area contributed by atoms with Gasteiger partial charge in [0.25, 0.3) is 0 Å². The lowest BCUT2D eigenvalue weighted by atomic mass is 9.93. The monoisotopic (exact) mass is 271 g/mol. The molecule has 1 fully saturated rings. The van der Waals surface area contributed by atoms with Crippen molar-refractivity contribution in [3.8, 4) is 5.69 Å². The first-order chi connectivity index (χ1) is 9.81. The number of hydrogen-bond acceptors (Lipinski definition) is 3. The van der Waals surface area contributed by atoms with E-state index in [1.165, 1.54) is 6.42 Å². The second-order valence-electron chi connectivity index (χ2n) is 5.49. The van der Waals surface area contributed by atoms with Gasteiger partial charge in [-0.1, -0.05) is 18.2 Å². The Morgan fingerprint density at radius 2 is 2.10 bits per heavy atom. The Morgan fingerprint density at radius 1 is 1.25 bits per heavy atom. The normalized spacial score (nSPS) is 22.9. The van der Waals surface area contributed by atoms with Crippen molar-refractivity contribution < 1.29 is 4.74 Å². The number of benzene rings is 1. The fourth-order valence-electron chi connectivity index (χ4n) is 2.70. The summed E-state index contributed by atoms with van der Waals surface area (Å²) in [6.45, 7) is 0.615. The summed E-state index contributed by atoms with van der Waals surface area (Å²) in [4.78, 5) is 0. The van der Waals surface area contributed by atoms with Gasteiger partial charge in [-0.3, -0.25) is 0 Å². The van der Waals surface area contributed by atoms with Crippen LogP contribution in [0, 0.1) is 0 Å². The molecule has 0 aliphatic heterocycles. The zero-order valence-electron chi connectivity index (χ0n) is 11.6. The zero-order chi connectivity index (χ0) is 13.8. The Bertz CT molecular complexity index is 538. The Hall–Kier alpha value is -1.65. The van der Waals surface area contributed by atoms with Gasteiger partial charge >= 0.3 is 0 Å². The van der Waals surface area contributed by atoms with E-state index in [9.17, 15) is 0 Å². The van der Waals surface area contributed by atoms with E-state index in [0.717, 1.165) is 30.5 Å². The minimum Gasteiger partial charge on any atom is -0.373 e. The Kier molecular flexibility index (Phi) is 4.14. The number of ether oxygens (including phenoxy) is 1. The van der Waals surface area contributed by atoms with Crippen LogP contribution in [0.15, 0.2) is 42.7 Å². The van der Waals surface area contributed by atoms with Gasteiger partial charge in [-0.2, -0.15) is 5.10 Å². The Labute approximate surface area is 119 Å². The zero-order valence-corrected chi connectivity index (χ0v) is 11.6. The molecule has 20 heavy (non-hydrogen) atoms. The summed E-state index contributed by atoms with van der Waals surface area (Å²) in [7, 11) is 0. The van der Waals surface area contributed by atoms with Gasteiger partial charge in [0.2, 0.25) is 0 Å². The van der Waals surface area contributed by atoms with Crippen molar-refractivity contribution in [2.24, 2.45) is 5.73 Å². The van der Waals surface area contributed by atoms with Crippen LogP contribution in [-0.2, 0) is 11.3 Å². The predicted molar refractivity (Wildman–Crippen MR) is 78.6 cm³/mol. The van der Waals surface area contributed by atoms with Crippen molar-refractivity contribution in [1.29, 1.82) is 0 Å². The predicted octanol–water partition coefficient (Wildman–Crippen LogP) is 2.66. The second kappa shape index (κ2) is 6.20. The Balaban J connectivity index is 1.58. The van der Waals surface area contributed by atoms with Crippen LogP contribution in [0.5, 0.6) is 0 Å². The highest BCUT2D eigenvalue weighted by molar-refractivity contribution is 5.30. The largest absolute Gasteiger partial charge is 0.373 e. The molecule has 2 aromatic rings. The molecule has 106 valence electrons. The summed E-state index contributed by atoms with van der Waals surface area (Å²) < 4.78 is 7.84. The van der Waals surface area contributed by atoms with Crippen LogP contribution in [0.25, 0.3) is 5.69 Å². The third kappa shape index (κ3) is 3.26. The molecule has 1 aliphatic carbocycles. The number of aromatic nitrogens is 2. The maximum Gasteiger partial charge on any atom is 0.0751 e. The molecule has 1 heterocycles. The van der Waals surface area contributed by atoms with Gasteiger partial charge in [-0.15, -0.1) is 0 Å². The quantitative estimate of drug-likeness (QED) is 0.930. The van der Waals surface area contributed by atoms with E-state index in [0.29, 0.717) is 18.8 Å². The first kappa shape index (κ1) is 13.3. The third-order valence-corrected chi connectivity index (χ3v) is 3.81. The minimum absolute atomic E-state index is 0.304. The molecule has 0 bridgehead atoms. The van der Waals surface area contributed by atoms with E-state index in [4.69, 9.17) is 10.5 Å². The maximum atomic E-state index is 5.98. The van der Waals surface area contributed by atoms with Crippen molar-refractivity contribution in [1.82, 2.24) is 9.78 Å². The first-order valence-corrected chi connectivity index (χ1v) is 7.27. The number of rotatable bonds is 4. The SMILES string of the molecule is NC1CCCC(OCc2cnn(-c3ccccc3)c2)C1. The van der Waals surface area contributed by atoms with E-state index in [-0.39, 0.29) is 0 Å². The van der Waals surface area contributed by atoms with Crippen molar-refractivity contribution in [2.75, 3.05) is 0 Å². The molecule has 1 aromatic carbocycles. The van der Waals surface area contributed by atoms with E-state index < -0.39 is 0 Å². The summed E-state index contributed by atoms with van der Waals surface area (Å²) in [5.74, 6) is 0. The fourth-order valence-corrected chi connectivity index (χ4v) is 2.70. The second-order valence-corrected chi connectivity index (χ2v) is 5.49. The van der Waals surface area contributed by atoms with Gasteiger partial charge in [0.05, 0.1) is 24.6 Å². The van der Waals surface area contributed by atoms with Crippen LogP contribution in [-0.4, -0.2) is 21.9 Å². The molecule has 2 N–H and O–H groups in total. The van der Waals surface area contributed by atoms with Gasteiger partial charge in [-0.25, -0.2) is 4.68 Å². The molecule has 1 saturated carbocycles. The number of para-hydroxylation sites is 1. The molecule has 1 aliphatic rings. The van der Waals surface area contributed by atoms with Gasteiger partial charge in [0, 0.05) is 17.8 Å². The van der Waals surface area contributed by atoms with Gasteiger partial charge in [0.15, 0.2) is 0 Å². The van der Waals surface area contributed by atoms with Gasteiger partial charge in [0.1, 0.15) is 0 Å². The van der Waals surface area contributed by atoms with Crippen LogP contribution in [0.4, 0.5) is 0 Å². The highest BCUT2D eigenvalue weighted by Crippen LogP contribution is 2.21. The number of nitrogens with two attached hydrogens (primary N) is 1. The molecule has 2 atom stereocenters. The van der Waals surface area contributed by atoms with Crippen LogP contribution in [0.3, 0.4) is 0 Å². The number of nitrogens with zero attached hydrogens (tertiary/aromatic N) is 2. The molecule has 0 radical (unpaired) electrons. The summed E-state index contributed by atoms with van der Waals surface area (Å²) in [5, 5.41) is 4.38. The lowest BCUT2D eigenvalue weighted by Gasteiger charge is -2.26. The van der Waals surface area contributed by atoms with Crippen molar-refractivity contribution in [3.63, 3.8) is 0 Å². The summed E-state index contributed by atoms with van der Waals surface area (Å²) in [6, 6.07) is 10.4. The van der Waals surface area contributed by atoms with Crippen LogP contribution in [0.2, 0.25) is 0 Å². The summed E-state index contributed by atoms with van der Waals surface area (Å²) >= 11 is 0. The Morgan fingerprint density at radius 3 is 2.90 bits per heavy atom. The smallest absolute Gasteiger partial charge is 0.0751 e. The maximum absolute atomic E-state index is 5.98. The molecule has 4 nitrogen and oxygen atoms in total. The van der Waals surface area contributed by atoms with Crippen LogP contribution >= 0.6 is 0 Å². The first-order valence-electron chi connectivity index (χ1n) is 7.27. The molecule has 0 spiro atoms. The lowest BCUT2D eigenvalue weighted by molar-refractivity contribution is 0.0122. The van der Waals surface area contributed by atoms with Gasteiger partial charge < -0.3 is 10.5 Å². The van der Waals surface area contributed by atoms with Crippen molar-refractivity contribution in [2.45, 2.75) is 44.4 Å². The van der Waals surface area contributed by atoms with Crippen molar-refractivity contribution >= 4 is 0 Å². The van der Waals surface area contributed by atoms with E-state index in [1.807, 2.05) is 47.4 Å². The van der Waals surface area contributed by atoms with E-state index >= 15 is 0 Å².